The summed E-state index contributed by atoms with van der Waals surface area (Å²) in [5.74, 6) is 1.06. The summed E-state index contributed by atoms with van der Waals surface area (Å²) in [4.78, 5) is 19.6. The molecular weight excluding hydrogens is 582 g/mol. The van der Waals surface area contributed by atoms with Gasteiger partial charge in [-0.1, -0.05) is 25.1 Å². The predicted molar refractivity (Wildman–Crippen MR) is 166 cm³/mol. The number of piperazine rings is 1. The van der Waals surface area contributed by atoms with Crippen molar-refractivity contribution in [2.75, 3.05) is 69.7 Å². The van der Waals surface area contributed by atoms with Gasteiger partial charge in [-0.05, 0) is 61.6 Å². The molecule has 2 aliphatic carbocycles. The molecule has 7 rings (SSSR count). The number of aromatic nitrogens is 1. The molecule has 3 heterocycles. The number of carbonyl (C=O) groups excluding carboxylic acids is 1. The summed E-state index contributed by atoms with van der Waals surface area (Å²) in [7, 11) is -1.51. The molecule has 1 saturated carbocycles. The second kappa shape index (κ2) is 10.7. The number of nitrogens with one attached hydrogen (secondary N) is 1. The van der Waals surface area contributed by atoms with Crippen LogP contribution in [0.25, 0.3) is 11.3 Å². The first-order valence-corrected chi connectivity index (χ1v) is 16.9. The molecule has 2 atom stereocenters. The molecule has 3 fully saturated rings. The minimum atomic E-state index is -4.27. The molecule has 2 saturated heterocycles. The van der Waals surface area contributed by atoms with E-state index < -0.39 is 10.0 Å². The molecule has 44 heavy (non-hydrogen) atoms. The summed E-state index contributed by atoms with van der Waals surface area (Å²) in [6.07, 6.45) is 2.83. The van der Waals surface area contributed by atoms with Gasteiger partial charge in [0.2, 0.25) is 0 Å². The molecule has 1 aromatic heterocycles. The van der Waals surface area contributed by atoms with Gasteiger partial charge in [0, 0.05) is 67.1 Å². The van der Waals surface area contributed by atoms with E-state index in [1.807, 2.05) is 0 Å². The van der Waals surface area contributed by atoms with E-state index in [2.05, 4.69) is 51.7 Å². The van der Waals surface area contributed by atoms with Gasteiger partial charge in [-0.15, -0.1) is 0 Å². The molecule has 0 unspecified atom stereocenters. The summed E-state index contributed by atoms with van der Waals surface area (Å²) in [6, 6.07) is 9.50. The molecule has 1 N–H and O–H groups in total. The maximum Gasteiger partial charge on any atom is 0.270 e. The van der Waals surface area contributed by atoms with Crippen molar-refractivity contribution in [3.63, 3.8) is 0 Å². The number of methoxy groups -OCH3 is 2. The average molecular weight is 622 g/mol. The molecule has 234 valence electrons. The minimum absolute atomic E-state index is 0.0153. The van der Waals surface area contributed by atoms with Crippen LogP contribution in [0.15, 0.2) is 39.8 Å². The highest BCUT2D eigenvalue weighted by Crippen LogP contribution is 2.62. The van der Waals surface area contributed by atoms with Gasteiger partial charge in [0.15, 0.2) is 16.5 Å². The minimum Gasteiger partial charge on any atom is -0.495 e. The number of nitrogens with zero attached hydrogens (tertiary/aromatic N) is 4. The van der Waals surface area contributed by atoms with Gasteiger partial charge in [-0.3, -0.25) is 9.52 Å². The lowest BCUT2D eigenvalue weighted by atomic mass is 9.77. The molecule has 0 radical (unpaired) electrons. The van der Waals surface area contributed by atoms with Gasteiger partial charge in [0.05, 0.1) is 14.2 Å². The van der Waals surface area contributed by atoms with Crippen molar-refractivity contribution < 1.29 is 27.2 Å². The molecular formula is C32H39N5O6S. The smallest absolute Gasteiger partial charge is 0.270 e. The third-order valence-electron chi connectivity index (χ3n) is 10.1. The summed E-state index contributed by atoms with van der Waals surface area (Å²) < 4.78 is 47.7. The fourth-order valence-electron chi connectivity index (χ4n) is 7.11. The number of likely N-dealkylation sites (N-methyl/N-ethyl adjacent to an activating group) is 1. The summed E-state index contributed by atoms with van der Waals surface area (Å²) >= 11 is 0. The predicted octanol–water partition coefficient (Wildman–Crippen LogP) is 3.98. The third-order valence-corrected chi connectivity index (χ3v) is 11.5. The van der Waals surface area contributed by atoms with Crippen LogP contribution in [-0.2, 0) is 21.9 Å². The van der Waals surface area contributed by atoms with Crippen molar-refractivity contribution in [2.45, 2.75) is 43.4 Å². The highest BCUT2D eigenvalue weighted by Gasteiger charge is 2.56. The van der Waals surface area contributed by atoms with E-state index in [4.69, 9.17) is 14.0 Å². The van der Waals surface area contributed by atoms with E-state index in [0.29, 0.717) is 36.8 Å². The molecule has 2 aromatic carbocycles. The molecule has 3 aromatic rings. The fourth-order valence-corrected chi connectivity index (χ4v) is 8.44. The number of benzene rings is 2. The van der Waals surface area contributed by atoms with Crippen LogP contribution in [0.2, 0.25) is 0 Å². The zero-order valence-electron chi connectivity index (χ0n) is 25.7. The number of ether oxygens (including phenoxy) is 2. The Labute approximate surface area is 258 Å². The fraction of sp³-hybridized carbons (Fsp3) is 0.500. The lowest BCUT2D eigenvalue weighted by Crippen LogP contribution is -2.48. The number of amides is 1. The normalized spacial score (nSPS) is 22.7. The topological polar surface area (TPSA) is 117 Å². The van der Waals surface area contributed by atoms with Crippen LogP contribution in [0.4, 0.5) is 11.5 Å². The lowest BCUT2D eigenvalue weighted by Gasteiger charge is -2.34. The third kappa shape index (κ3) is 4.61. The second-order valence-electron chi connectivity index (χ2n) is 12.4. The molecule has 0 bridgehead atoms. The number of carbonyl (C=O) groups is 1. The van der Waals surface area contributed by atoms with Crippen LogP contribution in [0.3, 0.4) is 0 Å². The van der Waals surface area contributed by atoms with Gasteiger partial charge < -0.3 is 28.7 Å². The van der Waals surface area contributed by atoms with Gasteiger partial charge in [-0.25, -0.2) is 8.42 Å². The van der Waals surface area contributed by atoms with Crippen LogP contribution in [0, 0.1) is 5.92 Å². The lowest BCUT2D eigenvalue weighted by molar-refractivity contribution is 0.0642. The first-order valence-electron chi connectivity index (χ1n) is 15.4. The van der Waals surface area contributed by atoms with Crippen molar-refractivity contribution in [1.82, 2.24) is 15.0 Å². The van der Waals surface area contributed by atoms with Crippen LogP contribution >= 0.6 is 0 Å². The maximum absolute atomic E-state index is 14.0. The number of rotatable bonds is 8. The van der Waals surface area contributed by atoms with Gasteiger partial charge in [0.1, 0.15) is 11.5 Å². The van der Waals surface area contributed by atoms with Crippen molar-refractivity contribution >= 4 is 27.4 Å². The largest absolute Gasteiger partial charge is 0.495 e. The zero-order chi connectivity index (χ0) is 30.8. The molecule has 1 spiro atoms. The van der Waals surface area contributed by atoms with Gasteiger partial charge in [0.25, 0.3) is 15.9 Å². The van der Waals surface area contributed by atoms with Crippen molar-refractivity contribution in [1.29, 1.82) is 0 Å². The van der Waals surface area contributed by atoms with Gasteiger partial charge in [-0.2, -0.15) is 0 Å². The zero-order valence-corrected chi connectivity index (χ0v) is 26.5. The summed E-state index contributed by atoms with van der Waals surface area (Å²) in [5, 5.41) is 4.24. The molecule has 2 aliphatic heterocycles. The molecule has 1 amide bonds. The Morgan fingerprint density at radius 1 is 1.07 bits per heavy atom. The average Bonchev–Trinajstić information content (AvgIpc) is 3.48. The van der Waals surface area contributed by atoms with E-state index in [-0.39, 0.29) is 33.5 Å². The Bertz CT molecular complexity index is 1700. The van der Waals surface area contributed by atoms with E-state index in [0.717, 1.165) is 56.0 Å². The molecule has 12 heteroatoms. The Kier molecular flexibility index (Phi) is 7.04. The van der Waals surface area contributed by atoms with Crippen molar-refractivity contribution in [2.24, 2.45) is 5.92 Å². The second-order valence-corrected chi connectivity index (χ2v) is 14.0. The summed E-state index contributed by atoms with van der Waals surface area (Å²) in [6.45, 7) is 10.1. The standard InChI is InChI=1S/C32H39N5O6S/c1-5-35-11-13-37(14-12-35)31(38)21-15-26(41-3)29(27(16-21)42-4)44(39,40)34-30-24-19-32(18-20(32)2)25-8-7-22(36-9-6-10-36)17-23(25)28(24)43-33-30/h7-8,15-17,20H,5-6,9-14,18-19H2,1-4H3,(H,33,34)/t20-,32+/m0/s1. The quantitative estimate of drug-likeness (QED) is 0.399. The Morgan fingerprint density at radius 2 is 1.75 bits per heavy atom. The van der Waals surface area contributed by atoms with E-state index in [1.54, 1.807) is 4.90 Å². The monoisotopic (exact) mass is 621 g/mol. The number of anilines is 2. The number of hydrogen-bond acceptors (Lipinski definition) is 9. The number of hydrogen-bond donors (Lipinski definition) is 1. The SMILES string of the molecule is CCN1CCN(C(=O)c2cc(OC)c(S(=O)(=O)Nc3noc4c3C[C@@]3(C[C@@H]3C)c3ccc(N5CCC5)cc3-4)c(OC)c2)CC1. The van der Waals surface area contributed by atoms with E-state index >= 15 is 0 Å². The van der Waals surface area contributed by atoms with E-state index in [1.165, 1.54) is 38.3 Å². The first-order chi connectivity index (χ1) is 21.2. The van der Waals surface area contributed by atoms with Crippen LogP contribution in [0.1, 0.15) is 48.2 Å². The highest BCUT2D eigenvalue weighted by molar-refractivity contribution is 7.93. The van der Waals surface area contributed by atoms with Crippen LogP contribution in [-0.4, -0.2) is 89.3 Å². The van der Waals surface area contributed by atoms with Crippen molar-refractivity contribution in [3.8, 4) is 22.8 Å². The Morgan fingerprint density at radius 3 is 2.32 bits per heavy atom. The Hall–Kier alpha value is -3.77. The summed E-state index contributed by atoms with van der Waals surface area (Å²) in [5.41, 5.74) is 4.36. The van der Waals surface area contributed by atoms with Crippen molar-refractivity contribution in [3.05, 3.63) is 47.0 Å². The Balaban J connectivity index is 1.22. The maximum atomic E-state index is 14.0. The van der Waals surface area contributed by atoms with E-state index in [9.17, 15) is 13.2 Å². The van der Waals surface area contributed by atoms with Crippen LogP contribution in [0.5, 0.6) is 11.5 Å². The number of sulfonamides is 1. The molecule has 4 aliphatic rings. The van der Waals surface area contributed by atoms with Gasteiger partial charge >= 0.3 is 0 Å². The number of fused-ring (bicyclic) bond motifs is 4. The molecule has 11 nitrogen and oxygen atoms in total. The first kappa shape index (κ1) is 29.0. The van der Waals surface area contributed by atoms with Crippen LogP contribution < -0.4 is 19.1 Å². The highest BCUT2D eigenvalue weighted by atomic mass is 32.2.